The molecule has 116 valence electrons. The first kappa shape index (κ1) is 15.8. The zero-order valence-corrected chi connectivity index (χ0v) is 13.4. The highest BCUT2D eigenvalue weighted by Gasteiger charge is 2.37. The molecule has 0 aromatic rings. The van der Waals surface area contributed by atoms with E-state index in [1.807, 2.05) is 14.1 Å². The maximum Gasteiger partial charge on any atom is 0.223 e. The van der Waals surface area contributed by atoms with Crippen molar-refractivity contribution in [1.29, 1.82) is 0 Å². The second-order valence-electron chi connectivity index (χ2n) is 6.64. The number of hydrogen-bond acceptors (Lipinski definition) is 3. The normalized spacial score (nSPS) is 30.2. The molecule has 2 atom stereocenters. The van der Waals surface area contributed by atoms with E-state index in [1.54, 1.807) is 4.90 Å². The van der Waals surface area contributed by atoms with E-state index in [0.717, 1.165) is 13.1 Å². The summed E-state index contributed by atoms with van der Waals surface area (Å²) in [7, 11) is 3.70. The van der Waals surface area contributed by atoms with Crippen LogP contribution in [0, 0.1) is 0 Å². The minimum absolute atomic E-state index is 0.259. The number of nitrogens with zero attached hydrogens (tertiary/aromatic N) is 2. The van der Waals surface area contributed by atoms with Gasteiger partial charge in [-0.2, -0.15) is 0 Å². The van der Waals surface area contributed by atoms with Gasteiger partial charge in [-0.25, -0.2) is 0 Å². The van der Waals surface area contributed by atoms with Crippen LogP contribution in [0.5, 0.6) is 0 Å². The van der Waals surface area contributed by atoms with Gasteiger partial charge in [0.25, 0.3) is 0 Å². The summed E-state index contributed by atoms with van der Waals surface area (Å²) in [6, 6.07) is 2.10. The van der Waals surface area contributed by atoms with Crippen LogP contribution in [-0.4, -0.2) is 61.0 Å². The maximum atomic E-state index is 11.8. The van der Waals surface area contributed by atoms with Crippen LogP contribution in [0.2, 0.25) is 0 Å². The van der Waals surface area contributed by atoms with Gasteiger partial charge in [0, 0.05) is 45.2 Å². The molecule has 1 N–H and O–H groups in total. The maximum absolute atomic E-state index is 11.8. The summed E-state index contributed by atoms with van der Waals surface area (Å²) in [6.07, 6.45) is 8.43. The van der Waals surface area contributed by atoms with Gasteiger partial charge in [0.15, 0.2) is 0 Å². The van der Waals surface area contributed by atoms with Gasteiger partial charge in [0.05, 0.1) is 0 Å². The molecule has 20 heavy (non-hydrogen) atoms. The highest BCUT2D eigenvalue weighted by atomic mass is 16.2. The Labute approximate surface area is 123 Å². The molecule has 2 aliphatic rings. The number of amides is 1. The second kappa shape index (κ2) is 7.41. The molecule has 2 heterocycles. The first-order chi connectivity index (χ1) is 9.61. The lowest BCUT2D eigenvalue weighted by molar-refractivity contribution is -0.129. The van der Waals surface area contributed by atoms with Crippen LogP contribution in [0.25, 0.3) is 0 Å². The minimum atomic E-state index is 0.259. The Hall–Kier alpha value is -0.610. The third-order valence-electron chi connectivity index (χ3n) is 4.89. The van der Waals surface area contributed by atoms with Crippen LogP contribution in [-0.2, 0) is 4.79 Å². The van der Waals surface area contributed by atoms with Gasteiger partial charge in [-0.05, 0) is 38.6 Å². The van der Waals surface area contributed by atoms with E-state index in [4.69, 9.17) is 0 Å². The average molecular weight is 281 g/mol. The van der Waals surface area contributed by atoms with Gasteiger partial charge < -0.3 is 10.2 Å². The monoisotopic (exact) mass is 281 g/mol. The Balaban J connectivity index is 1.86. The molecule has 4 heteroatoms. The molecule has 4 nitrogen and oxygen atoms in total. The van der Waals surface area contributed by atoms with Crippen molar-refractivity contribution < 1.29 is 4.79 Å². The summed E-state index contributed by atoms with van der Waals surface area (Å²) in [5.74, 6) is 0.259. The Bertz CT molecular complexity index is 305. The van der Waals surface area contributed by atoms with Gasteiger partial charge in [0.2, 0.25) is 5.91 Å². The topological polar surface area (TPSA) is 35.6 Å². The van der Waals surface area contributed by atoms with Crippen molar-refractivity contribution in [2.75, 3.05) is 27.2 Å². The highest BCUT2D eigenvalue weighted by molar-refractivity contribution is 5.75. The van der Waals surface area contributed by atoms with Crippen LogP contribution in [0.4, 0.5) is 0 Å². The molecule has 2 fully saturated rings. The summed E-state index contributed by atoms with van der Waals surface area (Å²) in [5.41, 5.74) is 0. The Morgan fingerprint density at radius 1 is 1.25 bits per heavy atom. The van der Waals surface area contributed by atoms with Crippen LogP contribution in [0.3, 0.4) is 0 Å². The van der Waals surface area contributed by atoms with E-state index in [-0.39, 0.29) is 5.91 Å². The molecule has 2 rings (SSSR count). The van der Waals surface area contributed by atoms with Crippen molar-refractivity contribution in [3.63, 3.8) is 0 Å². The molecule has 0 aromatic carbocycles. The van der Waals surface area contributed by atoms with Crippen molar-refractivity contribution in [2.24, 2.45) is 0 Å². The minimum Gasteiger partial charge on any atom is -0.349 e. The van der Waals surface area contributed by atoms with Crippen molar-refractivity contribution >= 4 is 5.91 Å². The summed E-state index contributed by atoms with van der Waals surface area (Å²) >= 11 is 0. The molecular weight excluding hydrogens is 250 g/mol. The fourth-order valence-electron chi connectivity index (χ4n) is 3.81. The molecule has 2 saturated heterocycles. The van der Waals surface area contributed by atoms with Crippen molar-refractivity contribution in [1.82, 2.24) is 15.1 Å². The fourth-order valence-corrected chi connectivity index (χ4v) is 3.81. The van der Waals surface area contributed by atoms with Gasteiger partial charge in [-0.15, -0.1) is 0 Å². The van der Waals surface area contributed by atoms with Gasteiger partial charge in [-0.3, -0.25) is 9.69 Å². The number of carbonyl (C=O) groups is 1. The number of nitrogens with one attached hydrogen (secondary N) is 1. The first-order valence-corrected chi connectivity index (χ1v) is 8.31. The third-order valence-corrected chi connectivity index (χ3v) is 4.89. The van der Waals surface area contributed by atoms with Crippen LogP contribution in [0.1, 0.15) is 51.9 Å². The number of carbonyl (C=O) groups excluding carboxylic acids is 1. The van der Waals surface area contributed by atoms with Gasteiger partial charge >= 0.3 is 0 Å². The van der Waals surface area contributed by atoms with Gasteiger partial charge in [-0.1, -0.05) is 13.3 Å². The predicted octanol–water partition coefficient (Wildman–Crippen LogP) is 1.85. The molecule has 2 bridgehead atoms. The number of piperidine rings is 2. The summed E-state index contributed by atoms with van der Waals surface area (Å²) < 4.78 is 0. The van der Waals surface area contributed by atoms with E-state index >= 15 is 0 Å². The van der Waals surface area contributed by atoms with Crippen LogP contribution < -0.4 is 5.32 Å². The Morgan fingerprint density at radius 2 is 1.90 bits per heavy atom. The summed E-state index contributed by atoms with van der Waals surface area (Å²) in [6.45, 7) is 4.33. The molecule has 0 spiro atoms. The largest absolute Gasteiger partial charge is 0.349 e. The van der Waals surface area contributed by atoms with E-state index in [9.17, 15) is 4.79 Å². The zero-order valence-electron chi connectivity index (χ0n) is 13.4. The summed E-state index contributed by atoms with van der Waals surface area (Å²) in [5, 5.41) is 3.70. The number of fused-ring (bicyclic) bond motifs is 2. The second-order valence-corrected chi connectivity index (χ2v) is 6.64. The Kier molecular flexibility index (Phi) is 5.85. The molecule has 0 saturated carbocycles. The van der Waals surface area contributed by atoms with Crippen LogP contribution >= 0.6 is 0 Å². The average Bonchev–Trinajstić information content (AvgIpc) is 2.41. The van der Waals surface area contributed by atoms with Gasteiger partial charge in [0.1, 0.15) is 0 Å². The van der Waals surface area contributed by atoms with E-state index < -0.39 is 0 Å². The van der Waals surface area contributed by atoms with Crippen LogP contribution in [0.15, 0.2) is 0 Å². The SMILES string of the molecule is CCCNC1CC2CCCC(C1)N2CCC(=O)N(C)C. The smallest absolute Gasteiger partial charge is 0.223 e. The predicted molar refractivity (Wildman–Crippen MR) is 82.8 cm³/mol. The lowest BCUT2D eigenvalue weighted by Gasteiger charge is -2.49. The lowest BCUT2D eigenvalue weighted by Crippen LogP contribution is -2.56. The highest BCUT2D eigenvalue weighted by Crippen LogP contribution is 2.34. The zero-order chi connectivity index (χ0) is 14.5. The number of rotatable bonds is 6. The van der Waals surface area contributed by atoms with Crippen molar-refractivity contribution in [3.8, 4) is 0 Å². The first-order valence-electron chi connectivity index (χ1n) is 8.31. The van der Waals surface area contributed by atoms with E-state index in [2.05, 4.69) is 17.1 Å². The molecule has 1 amide bonds. The Morgan fingerprint density at radius 3 is 2.45 bits per heavy atom. The molecule has 0 radical (unpaired) electrons. The third kappa shape index (κ3) is 3.95. The molecule has 0 aromatic heterocycles. The lowest BCUT2D eigenvalue weighted by atomic mass is 9.81. The van der Waals surface area contributed by atoms with E-state index in [1.165, 1.54) is 38.5 Å². The standard InChI is InChI=1S/C16H31N3O/c1-4-9-17-13-11-14-6-5-7-15(12-13)19(14)10-8-16(20)18(2)3/h13-15,17H,4-12H2,1-3H3. The van der Waals surface area contributed by atoms with Crippen molar-refractivity contribution in [2.45, 2.75) is 70.0 Å². The fraction of sp³-hybridized carbons (Fsp3) is 0.938. The molecular formula is C16H31N3O. The van der Waals surface area contributed by atoms with E-state index in [0.29, 0.717) is 24.5 Å². The quantitative estimate of drug-likeness (QED) is 0.807. The van der Waals surface area contributed by atoms with Crippen molar-refractivity contribution in [3.05, 3.63) is 0 Å². The summed E-state index contributed by atoms with van der Waals surface area (Å²) in [4.78, 5) is 16.1. The molecule has 2 unspecified atom stereocenters. The number of hydrogen-bond donors (Lipinski definition) is 1. The molecule has 0 aliphatic carbocycles. The molecule has 2 aliphatic heterocycles.